The van der Waals surface area contributed by atoms with Gasteiger partial charge in [-0.1, -0.05) is 0 Å². The van der Waals surface area contributed by atoms with Crippen molar-refractivity contribution in [1.82, 2.24) is 0 Å². The lowest BCUT2D eigenvalue weighted by Crippen LogP contribution is -2.51. The second-order valence-electron chi connectivity index (χ2n) is 3.19. The van der Waals surface area contributed by atoms with E-state index in [1.54, 1.807) is 0 Å². The number of aliphatic carboxylic acids is 1. The van der Waals surface area contributed by atoms with Crippen molar-refractivity contribution in [2.45, 2.75) is 31.2 Å². The average Bonchev–Trinajstić information content (AvgIpc) is 1.97. The molecular formula is C7H12O5. The maximum absolute atomic E-state index is 10.6. The largest absolute Gasteiger partial charge is 0.479 e. The lowest BCUT2D eigenvalue weighted by Gasteiger charge is -2.35. The summed E-state index contributed by atoms with van der Waals surface area (Å²) in [5, 5.41) is 26.9. The Morgan fingerprint density at radius 2 is 2.08 bits per heavy atom. The summed E-state index contributed by atoms with van der Waals surface area (Å²) in [7, 11) is 0. The van der Waals surface area contributed by atoms with Crippen molar-refractivity contribution in [3.63, 3.8) is 0 Å². The van der Waals surface area contributed by atoms with Crippen LogP contribution in [0.15, 0.2) is 0 Å². The van der Waals surface area contributed by atoms with Crippen LogP contribution >= 0.6 is 0 Å². The third-order valence-corrected chi connectivity index (χ3v) is 2.07. The van der Waals surface area contributed by atoms with Gasteiger partial charge in [-0.3, -0.25) is 0 Å². The van der Waals surface area contributed by atoms with E-state index in [1.165, 1.54) is 6.92 Å². The fraction of sp³-hybridized carbons (Fsp3) is 0.857. The molecule has 0 unspecified atom stereocenters. The first-order valence-electron chi connectivity index (χ1n) is 3.69. The van der Waals surface area contributed by atoms with E-state index in [1.807, 2.05) is 0 Å². The van der Waals surface area contributed by atoms with Crippen LogP contribution in [0.4, 0.5) is 0 Å². The number of carboxylic acid groups (broad SMARTS) is 1. The van der Waals surface area contributed by atoms with Gasteiger partial charge in [0.1, 0.15) is 6.10 Å². The molecule has 0 spiro atoms. The van der Waals surface area contributed by atoms with Crippen molar-refractivity contribution >= 4 is 5.97 Å². The van der Waals surface area contributed by atoms with Gasteiger partial charge in [-0.15, -0.1) is 0 Å². The van der Waals surface area contributed by atoms with Crippen LogP contribution in [0.5, 0.6) is 0 Å². The summed E-state index contributed by atoms with van der Waals surface area (Å²) in [5.41, 5.74) is -1.36. The molecule has 12 heavy (non-hydrogen) atoms. The average molecular weight is 176 g/mol. The van der Waals surface area contributed by atoms with Crippen LogP contribution in [0.3, 0.4) is 0 Å². The summed E-state index contributed by atoms with van der Waals surface area (Å²) >= 11 is 0. The molecule has 1 aliphatic heterocycles. The lowest BCUT2D eigenvalue weighted by atomic mass is 9.93. The molecule has 5 nitrogen and oxygen atoms in total. The van der Waals surface area contributed by atoms with Crippen LogP contribution in [-0.4, -0.2) is 45.7 Å². The molecule has 0 aromatic heterocycles. The molecule has 3 N–H and O–H groups in total. The highest BCUT2D eigenvalue weighted by Gasteiger charge is 2.42. The fourth-order valence-electron chi connectivity index (χ4n) is 1.12. The van der Waals surface area contributed by atoms with Gasteiger partial charge >= 0.3 is 5.97 Å². The van der Waals surface area contributed by atoms with E-state index in [0.717, 1.165) is 0 Å². The van der Waals surface area contributed by atoms with E-state index in [-0.39, 0.29) is 13.0 Å². The number of aliphatic hydroxyl groups excluding tert-OH is 2. The first-order chi connectivity index (χ1) is 5.46. The van der Waals surface area contributed by atoms with Crippen LogP contribution in [0.25, 0.3) is 0 Å². The molecule has 70 valence electrons. The Bertz CT molecular complexity index is 192. The number of hydrogen-bond donors (Lipinski definition) is 3. The van der Waals surface area contributed by atoms with Crippen LogP contribution in [0.1, 0.15) is 13.3 Å². The minimum Gasteiger partial charge on any atom is -0.479 e. The molecule has 5 heteroatoms. The minimum atomic E-state index is -1.36. The predicted molar refractivity (Wildman–Crippen MR) is 38.6 cm³/mol. The number of rotatable bonds is 1. The maximum Gasteiger partial charge on any atom is 0.335 e. The van der Waals surface area contributed by atoms with Gasteiger partial charge in [-0.2, -0.15) is 0 Å². The zero-order valence-corrected chi connectivity index (χ0v) is 6.73. The highest BCUT2D eigenvalue weighted by Crippen LogP contribution is 2.25. The van der Waals surface area contributed by atoms with Crippen LogP contribution in [0, 0.1) is 0 Å². The highest BCUT2D eigenvalue weighted by molar-refractivity contribution is 5.77. The second kappa shape index (κ2) is 3.01. The summed E-state index contributed by atoms with van der Waals surface area (Å²) in [6.45, 7) is 1.24. The van der Waals surface area contributed by atoms with Crippen molar-refractivity contribution in [1.29, 1.82) is 0 Å². The Kier molecular flexibility index (Phi) is 2.36. The van der Waals surface area contributed by atoms with Gasteiger partial charge in [0, 0.05) is 6.42 Å². The van der Waals surface area contributed by atoms with Gasteiger partial charge in [-0.25, -0.2) is 4.79 Å². The van der Waals surface area contributed by atoms with E-state index < -0.39 is 23.8 Å². The topological polar surface area (TPSA) is 87.0 Å². The number of hydrogen-bond acceptors (Lipinski definition) is 4. The van der Waals surface area contributed by atoms with E-state index in [0.29, 0.717) is 0 Å². The Balaban J connectivity index is 2.66. The minimum absolute atomic E-state index is 0.0799. The molecule has 3 atom stereocenters. The Morgan fingerprint density at radius 1 is 1.50 bits per heavy atom. The molecule has 1 rings (SSSR count). The van der Waals surface area contributed by atoms with Crippen molar-refractivity contribution in [3.05, 3.63) is 0 Å². The summed E-state index contributed by atoms with van der Waals surface area (Å²) in [4.78, 5) is 10.6. The summed E-state index contributed by atoms with van der Waals surface area (Å²) in [5.74, 6) is -1.12. The van der Waals surface area contributed by atoms with Gasteiger partial charge < -0.3 is 20.1 Å². The molecule has 0 saturated carbocycles. The molecule has 0 bridgehead atoms. The number of ether oxygens (including phenoxy) is 1. The Labute approximate surface area is 69.6 Å². The van der Waals surface area contributed by atoms with E-state index in [2.05, 4.69) is 0 Å². The zero-order valence-electron chi connectivity index (χ0n) is 6.73. The lowest BCUT2D eigenvalue weighted by molar-refractivity contribution is -0.193. The Hall–Kier alpha value is -0.650. The fourth-order valence-corrected chi connectivity index (χ4v) is 1.12. The van der Waals surface area contributed by atoms with Gasteiger partial charge in [-0.05, 0) is 6.92 Å². The quantitative estimate of drug-likeness (QED) is 0.475. The van der Waals surface area contributed by atoms with Gasteiger partial charge in [0.2, 0.25) is 0 Å². The predicted octanol–water partition coefficient (Wildman–Crippen LogP) is -1.03. The molecule has 1 fully saturated rings. The molecule has 0 amide bonds. The second-order valence-corrected chi connectivity index (χ2v) is 3.19. The third-order valence-electron chi connectivity index (χ3n) is 2.07. The van der Waals surface area contributed by atoms with Crippen molar-refractivity contribution < 1.29 is 24.9 Å². The highest BCUT2D eigenvalue weighted by atomic mass is 16.5. The van der Waals surface area contributed by atoms with E-state index in [9.17, 15) is 4.79 Å². The van der Waals surface area contributed by atoms with Crippen LogP contribution in [0.2, 0.25) is 0 Å². The van der Waals surface area contributed by atoms with E-state index in [4.69, 9.17) is 20.1 Å². The number of carboxylic acids is 1. The molecule has 1 heterocycles. The summed E-state index contributed by atoms with van der Waals surface area (Å²) in [6, 6.07) is 0. The third kappa shape index (κ3) is 1.57. The Morgan fingerprint density at radius 3 is 2.50 bits per heavy atom. The van der Waals surface area contributed by atoms with Gasteiger partial charge in [0.05, 0.1) is 12.7 Å². The summed E-state index contributed by atoms with van der Waals surface area (Å²) in [6.07, 6.45) is -2.07. The molecule has 0 aromatic carbocycles. The first-order valence-corrected chi connectivity index (χ1v) is 3.69. The van der Waals surface area contributed by atoms with E-state index >= 15 is 0 Å². The number of aliphatic hydroxyl groups is 2. The van der Waals surface area contributed by atoms with Crippen molar-refractivity contribution in [2.75, 3.05) is 6.61 Å². The first kappa shape index (κ1) is 9.44. The monoisotopic (exact) mass is 176 g/mol. The molecule has 0 radical (unpaired) electrons. The van der Waals surface area contributed by atoms with Crippen LogP contribution < -0.4 is 0 Å². The zero-order chi connectivity index (χ0) is 9.35. The van der Waals surface area contributed by atoms with Crippen LogP contribution in [-0.2, 0) is 9.53 Å². The molecule has 0 aromatic rings. The molecular weight excluding hydrogens is 164 g/mol. The van der Waals surface area contributed by atoms with Crippen molar-refractivity contribution in [3.8, 4) is 0 Å². The molecule has 1 aliphatic rings. The van der Waals surface area contributed by atoms with Gasteiger partial charge in [0.25, 0.3) is 0 Å². The SMILES string of the molecule is C[C@]1(C(=O)O)C[C@H](O)[C@H](O)CO1. The maximum atomic E-state index is 10.6. The normalized spacial score (nSPS) is 42.6. The van der Waals surface area contributed by atoms with Gasteiger partial charge in [0.15, 0.2) is 5.60 Å². The molecule has 1 saturated heterocycles. The van der Waals surface area contributed by atoms with Crippen molar-refractivity contribution in [2.24, 2.45) is 0 Å². The molecule has 0 aliphatic carbocycles. The standard InChI is InChI=1S/C7H12O5/c1-7(6(10)11)2-4(8)5(9)3-12-7/h4-5,8-9H,2-3H2,1H3,(H,10,11)/t4-,5+,7+/m0/s1. The number of carbonyl (C=O) groups is 1. The summed E-state index contributed by atoms with van der Waals surface area (Å²) < 4.78 is 4.90. The smallest absolute Gasteiger partial charge is 0.335 e.